The molecule has 0 spiro atoms. The molecule has 0 radical (unpaired) electrons. The molecule has 0 bridgehead atoms. The highest BCUT2D eigenvalue weighted by Gasteiger charge is 2.15. The highest BCUT2D eigenvalue weighted by Crippen LogP contribution is 2.23. The van der Waals surface area contributed by atoms with E-state index in [1.54, 1.807) is 36.4 Å². The number of rotatable bonds is 5. The zero-order valence-corrected chi connectivity index (χ0v) is 16.8. The Labute approximate surface area is 176 Å². The summed E-state index contributed by atoms with van der Waals surface area (Å²) in [6.07, 6.45) is 0. The van der Waals surface area contributed by atoms with Crippen molar-refractivity contribution in [1.29, 1.82) is 0 Å². The van der Waals surface area contributed by atoms with Gasteiger partial charge in [-0.3, -0.25) is 9.59 Å². The van der Waals surface area contributed by atoms with Crippen molar-refractivity contribution >= 4 is 50.7 Å². The molecule has 2 N–H and O–H groups in total. The summed E-state index contributed by atoms with van der Waals surface area (Å²) < 4.78 is 5.21. The van der Waals surface area contributed by atoms with Gasteiger partial charge in [0, 0.05) is 28.2 Å². The predicted molar refractivity (Wildman–Crippen MR) is 117 cm³/mol. The molecular formula is C22H16ClN3O2S. The van der Waals surface area contributed by atoms with Gasteiger partial charge in [0.25, 0.3) is 11.8 Å². The van der Waals surface area contributed by atoms with Crippen molar-refractivity contribution in [2.45, 2.75) is 6.54 Å². The fraction of sp³-hybridized carbons (Fsp3) is 0.0455. The van der Waals surface area contributed by atoms with Crippen LogP contribution in [0.25, 0.3) is 10.1 Å². The standard InChI is InChI=1S/C22H16ClN3O2S/c23-16-10-8-14(9-11-16)13-24-21(27)15-4-3-5-17(12-15)25-22(28)20-18-6-1-2-7-19(18)29-26-20/h1-12H,13H2,(H,24,27)(H,25,28). The van der Waals surface area contributed by atoms with E-state index in [0.717, 1.165) is 15.6 Å². The van der Waals surface area contributed by atoms with Crippen LogP contribution < -0.4 is 10.6 Å². The molecule has 0 atom stereocenters. The molecule has 0 aliphatic rings. The Hall–Kier alpha value is -3.22. The summed E-state index contributed by atoms with van der Waals surface area (Å²) in [5, 5.41) is 7.15. The Morgan fingerprint density at radius 1 is 0.931 bits per heavy atom. The molecule has 0 fully saturated rings. The van der Waals surface area contributed by atoms with Gasteiger partial charge in [0.1, 0.15) is 5.69 Å². The van der Waals surface area contributed by atoms with Crippen molar-refractivity contribution < 1.29 is 9.59 Å². The second-order valence-electron chi connectivity index (χ2n) is 6.37. The number of amides is 2. The monoisotopic (exact) mass is 421 g/mol. The molecule has 5 nitrogen and oxygen atoms in total. The first-order valence-electron chi connectivity index (χ1n) is 8.88. The SMILES string of the molecule is O=C(NCc1ccc(Cl)cc1)c1cccc(NC(=O)c2nsc3ccccc23)c1. The van der Waals surface area contributed by atoms with Gasteiger partial charge in [-0.1, -0.05) is 48.0 Å². The fourth-order valence-corrected chi connectivity index (χ4v) is 3.76. The Kier molecular flexibility index (Phi) is 5.55. The highest BCUT2D eigenvalue weighted by molar-refractivity contribution is 7.13. The van der Waals surface area contributed by atoms with Crippen LogP contribution in [0, 0.1) is 0 Å². The Balaban J connectivity index is 1.44. The maximum Gasteiger partial charge on any atom is 0.276 e. The number of hydrogen-bond acceptors (Lipinski definition) is 4. The summed E-state index contributed by atoms with van der Waals surface area (Å²) in [6, 6.07) is 21.7. The van der Waals surface area contributed by atoms with Crippen molar-refractivity contribution in [3.05, 3.63) is 94.6 Å². The van der Waals surface area contributed by atoms with E-state index in [0.29, 0.717) is 28.5 Å². The largest absolute Gasteiger partial charge is 0.348 e. The van der Waals surface area contributed by atoms with Gasteiger partial charge in [0.05, 0.1) is 4.70 Å². The number of nitrogens with one attached hydrogen (secondary N) is 2. The van der Waals surface area contributed by atoms with Crippen LogP contribution in [0.15, 0.2) is 72.8 Å². The molecule has 0 saturated carbocycles. The molecule has 144 valence electrons. The zero-order chi connectivity index (χ0) is 20.2. The van der Waals surface area contributed by atoms with Crippen LogP contribution in [0.2, 0.25) is 5.02 Å². The second-order valence-corrected chi connectivity index (χ2v) is 7.61. The van der Waals surface area contributed by atoms with Crippen LogP contribution in [0.5, 0.6) is 0 Å². The molecule has 0 aliphatic carbocycles. The maximum absolute atomic E-state index is 12.6. The number of halogens is 1. The van der Waals surface area contributed by atoms with Crippen LogP contribution in [-0.4, -0.2) is 16.2 Å². The average molecular weight is 422 g/mol. The van der Waals surface area contributed by atoms with Gasteiger partial charge in [-0.15, -0.1) is 0 Å². The lowest BCUT2D eigenvalue weighted by molar-refractivity contribution is 0.0949. The number of hydrogen-bond donors (Lipinski definition) is 2. The van der Waals surface area contributed by atoms with Gasteiger partial charge < -0.3 is 10.6 Å². The minimum Gasteiger partial charge on any atom is -0.348 e. The number of nitrogens with zero attached hydrogens (tertiary/aromatic N) is 1. The van der Waals surface area contributed by atoms with E-state index in [9.17, 15) is 9.59 Å². The van der Waals surface area contributed by atoms with E-state index in [1.165, 1.54) is 11.5 Å². The third kappa shape index (κ3) is 4.45. The fourth-order valence-electron chi connectivity index (χ4n) is 2.86. The first-order valence-corrected chi connectivity index (χ1v) is 10.0. The first-order chi connectivity index (χ1) is 14.1. The molecule has 0 aliphatic heterocycles. The van der Waals surface area contributed by atoms with Crippen molar-refractivity contribution in [3.8, 4) is 0 Å². The Morgan fingerprint density at radius 3 is 2.55 bits per heavy atom. The summed E-state index contributed by atoms with van der Waals surface area (Å²) >= 11 is 7.16. The van der Waals surface area contributed by atoms with Crippen molar-refractivity contribution in [3.63, 3.8) is 0 Å². The summed E-state index contributed by atoms with van der Waals surface area (Å²) in [5.41, 5.74) is 2.32. The lowest BCUT2D eigenvalue weighted by atomic mass is 10.1. The van der Waals surface area contributed by atoms with Gasteiger partial charge >= 0.3 is 0 Å². The topological polar surface area (TPSA) is 71.1 Å². The molecule has 1 aromatic heterocycles. The van der Waals surface area contributed by atoms with E-state index in [-0.39, 0.29) is 11.8 Å². The normalized spacial score (nSPS) is 10.7. The van der Waals surface area contributed by atoms with Gasteiger partial charge in [-0.05, 0) is 53.5 Å². The predicted octanol–water partition coefficient (Wildman–Crippen LogP) is 5.13. The van der Waals surface area contributed by atoms with Gasteiger partial charge in [0.2, 0.25) is 0 Å². The molecule has 1 heterocycles. The molecule has 2 amide bonds. The smallest absolute Gasteiger partial charge is 0.276 e. The summed E-state index contributed by atoms with van der Waals surface area (Å²) in [7, 11) is 0. The van der Waals surface area contributed by atoms with E-state index >= 15 is 0 Å². The Morgan fingerprint density at radius 2 is 1.72 bits per heavy atom. The zero-order valence-electron chi connectivity index (χ0n) is 15.2. The number of fused-ring (bicyclic) bond motifs is 1. The molecule has 29 heavy (non-hydrogen) atoms. The van der Waals surface area contributed by atoms with Crippen LogP contribution in [0.4, 0.5) is 5.69 Å². The molecule has 0 saturated heterocycles. The van der Waals surface area contributed by atoms with Gasteiger partial charge in [-0.2, -0.15) is 4.37 Å². The second kappa shape index (κ2) is 8.43. The molecular weight excluding hydrogens is 406 g/mol. The molecule has 4 rings (SSSR count). The third-order valence-electron chi connectivity index (χ3n) is 4.34. The average Bonchev–Trinajstić information content (AvgIpc) is 3.18. The number of carbonyl (C=O) groups is 2. The summed E-state index contributed by atoms with van der Waals surface area (Å²) in [5.74, 6) is -0.531. The summed E-state index contributed by atoms with van der Waals surface area (Å²) in [6.45, 7) is 0.386. The quantitative estimate of drug-likeness (QED) is 0.469. The van der Waals surface area contributed by atoms with E-state index in [2.05, 4.69) is 15.0 Å². The lowest BCUT2D eigenvalue weighted by Crippen LogP contribution is -2.23. The lowest BCUT2D eigenvalue weighted by Gasteiger charge is -2.08. The minimum atomic E-state index is -0.304. The summed E-state index contributed by atoms with van der Waals surface area (Å²) in [4.78, 5) is 25.1. The molecule has 3 aromatic carbocycles. The molecule has 4 aromatic rings. The third-order valence-corrected chi connectivity index (χ3v) is 5.42. The van der Waals surface area contributed by atoms with Crippen molar-refractivity contribution in [2.75, 3.05) is 5.32 Å². The highest BCUT2D eigenvalue weighted by atomic mass is 35.5. The number of carbonyl (C=O) groups excluding carboxylic acids is 2. The first kappa shape index (κ1) is 19.1. The molecule has 7 heteroatoms. The van der Waals surface area contributed by atoms with Crippen molar-refractivity contribution in [2.24, 2.45) is 0 Å². The van der Waals surface area contributed by atoms with Crippen LogP contribution >= 0.6 is 23.1 Å². The number of anilines is 1. The minimum absolute atomic E-state index is 0.227. The van der Waals surface area contributed by atoms with Crippen LogP contribution in [0.3, 0.4) is 0 Å². The maximum atomic E-state index is 12.6. The Bertz CT molecular complexity index is 1190. The molecule has 0 unspecified atom stereocenters. The van der Waals surface area contributed by atoms with E-state index in [1.807, 2.05) is 36.4 Å². The van der Waals surface area contributed by atoms with E-state index < -0.39 is 0 Å². The van der Waals surface area contributed by atoms with Crippen LogP contribution in [-0.2, 0) is 6.54 Å². The number of benzene rings is 3. The van der Waals surface area contributed by atoms with Crippen LogP contribution in [0.1, 0.15) is 26.4 Å². The van der Waals surface area contributed by atoms with Gasteiger partial charge in [0.15, 0.2) is 0 Å². The van der Waals surface area contributed by atoms with E-state index in [4.69, 9.17) is 11.6 Å². The van der Waals surface area contributed by atoms with Gasteiger partial charge in [-0.25, -0.2) is 0 Å². The number of aromatic nitrogens is 1. The van der Waals surface area contributed by atoms with Crippen molar-refractivity contribution in [1.82, 2.24) is 9.69 Å².